The van der Waals surface area contributed by atoms with E-state index in [-0.39, 0.29) is 40.4 Å². The number of thiophene rings is 1. The summed E-state index contributed by atoms with van der Waals surface area (Å²) in [6.07, 6.45) is -4.89. The number of alkyl halides is 3. The van der Waals surface area contributed by atoms with E-state index in [1.54, 1.807) is 37.3 Å². The van der Waals surface area contributed by atoms with Gasteiger partial charge in [0.15, 0.2) is 12.3 Å². The second-order valence-corrected chi connectivity index (χ2v) is 8.21. The van der Waals surface area contributed by atoms with Crippen LogP contribution < -0.4 is 20.3 Å². The maximum absolute atomic E-state index is 13.4. The van der Waals surface area contributed by atoms with Crippen LogP contribution in [0, 0.1) is 0 Å². The molecule has 1 amide bonds. The van der Waals surface area contributed by atoms with Crippen LogP contribution >= 0.6 is 11.3 Å². The fraction of sp³-hybridized carbons (Fsp3) is 0.167. The molecule has 13 heteroatoms. The summed E-state index contributed by atoms with van der Waals surface area (Å²) >= 11 is 0.996. The zero-order valence-corrected chi connectivity index (χ0v) is 19.9. The van der Waals surface area contributed by atoms with Gasteiger partial charge < -0.3 is 19.5 Å². The topological polar surface area (TPSA) is 109 Å². The van der Waals surface area contributed by atoms with Crippen molar-refractivity contribution in [2.24, 2.45) is 0 Å². The van der Waals surface area contributed by atoms with E-state index in [1.807, 2.05) is 0 Å². The number of esters is 1. The van der Waals surface area contributed by atoms with E-state index in [9.17, 15) is 27.6 Å². The number of nitrogens with zero attached hydrogens (tertiary/aromatic N) is 2. The number of benzene rings is 2. The summed E-state index contributed by atoms with van der Waals surface area (Å²) in [5, 5.41) is 8.45. The van der Waals surface area contributed by atoms with Crippen molar-refractivity contribution in [1.82, 2.24) is 9.78 Å². The molecule has 0 aliphatic carbocycles. The lowest BCUT2D eigenvalue weighted by atomic mass is 10.2. The fourth-order valence-corrected chi connectivity index (χ4v) is 4.24. The third-order valence-corrected chi connectivity index (χ3v) is 5.70. The van der Waals surface area contributed by atoms with E-state index >= 15 is 0 Å². The summed E-state index contributed by atoms with van der Waals surface area (Å²) in [6, 6.07) is 13.0. The summed E-state index contributed by atoms with van der Waals surface area (Å²) in [5.74, 6) is -1.40. The Balaban J connectivity index is 1.71. The first-order valence-electron chi connectivity index (χ1n) is 10.7. The average molecular weight is 533 g/mol. The van der Waals surface area contributed by atoms with E-state index in [0.717, 1.165) is 28.2 Å². The first-order chi connectivity index (χ1) is 17.7. The maximum atomic E-state index is 13.4. The molecule has 0 fully saturated rings. The highest BCUT2D eigenvalue weighted by Gasteiger charge is 2.31. The van der Waals surface area contributed by atoms with Crippen LogP contribution in [0.2, 0.25) is 0 Å². The molecule has 2 heterocycles. The van der Waals surface area contributed by atoms with E-state index in [2.05, 4.69) is 15.2 Å². The number of rotatable bonds is 8. The predicted molar refractivity (Wildman–Crippen MR) is 128 cm³/mol. The van der Waals surface area contributed by atoms with Crippen molar-refractivity contribution in [3.05, 3.63) is 76.0 Å². The molecule has 9 nitrogen and oxygen atoms in total. The van der Waals surface area contributed by atoms with Gasteiger partial charge in [-0.05, 0) is 43.3 Å². The number of ether oxygens (including phenoxy) is 3. The van der Waals surface area contributed by atoms with Crippen molar-refractivity contribution >= 4 is 39.0 Å². The maximum Gasteiger partial charge on any atom is 0.573 e. The summed E-state index contributed by atoms with van der Waals surface area (Å²) in [4.78, 5) is 38.5. The minimum Gasteiger partial charge on any atom is -0.484 e. The van der Waals surface area contributed by atoms with Crippen LogP contribution in [-0.4, -0.2) is 41.2 Å². The molecule has 2 aromatic heterocycles. The Kier molecular flexibility index (Phi) is 7.43. The number of fused-ring (bicyclic) bond motifs is 1. The Bertz CT molecular complexity index is 1480. The molecular formula is C24H18F3N3O6S. The van der Waals surface area contributed by atoms with Crippen LogP contribution in [0.15, 0.2) is 64.8 Å². The third-order valence-electron chi connectivity index (χ3n) is 4.80. The van der Waals surface area contributed by atoms with Crippen molar-refractivity contribution in [3.8, 4) is 17.2 Å². The minimum atomic E-state index is -4.89. The van der Waals surface area contributed by atoms with Gasteiger partial charge in [0, 0.05) is 10.8 Å². The molecule has 0 radical (unpaired) electrons. The van der Waals surface area contributed by atoms with Crippen LogP contribution in [0.5, 0.6) is 11.5 Å². The highest BCUT2D eigenvalue weighted by atomic mass is 32.1. The van der Waals surface area contributed by atoms with Gasteiger partial charge in [0.2, 0.25) is 0 Å². The molecule has 2 aromatic carbocycles. The number of halogens is 3. The second-order valence-electron chi connectivity index (χ2n) is 7.33. The number of hydrogen-bond acceptors (Lipinski definition) is 8. The Morgan fingerprint density at radius 1 is 1.05 bits per heavy atom. The molecular weight excluding hydrogens is 515 g/mol. The highest BCUT2D eigenvalue weighted by Crippen LogP contribution is 2.31. The van der Waals surface area contributed by atoms with E-state index in [4.69, 9.17) is 9.47 Å². The molecule has 0 spiro atoms. The Labute approximate surface area is 211 Å². The van der Waals surface area contributed by atoms with Crippen LogP contribution in [0.25, 0.3) is 16.5 Å². The quantitative estimate of drug-likeness (QED) is 0.331. The van der Waals surface area contributed by atoms with E-state index in [0.29, 0.717) is 5.75 Å². The zero-order valence-electron chi connectivity index (χ0n) is 19.1. The lowest BCUT2D eigenvalue weighted by Gasteiger charge is -2.12. The second kappa shape index (κ2) is 10.7. The summed E-state index contributed by atoms with van der Waals surface area (Å²) in [5.41, 5.74) is -0.861. The van der Waals surface area contributed by atoms with Gasteiger partial charge in [0.25, 0.3) is 11.5 Å². The molecule has 4 aromatic rings. The SMILES string of the molecule is CCOC(=O)c1nn(-c2ccc(OC(F)(F)F)cc2)c(=O)c2c(NC(=O)COc3ccccc3)scc12. The van der Waals surface area contributed by atoms with Crippen LogP contribution in [0.3, 0.4) is 0 Å². The van der Waals surface area contributed by atoms with Gasteiger partial charge in [-0.2, -0.15) is 9.78 Å². The molecule has 0 aliphatic heterocycles. The Morgan fingerprint density at radius 2 is 1.76 bits per heavy atom. The predicted octanol–water partition coefficient (Wildman–Crippen LogP) is 4.54. The molecule has 192 valence electrons. The Hall–Kier alpha value is -4.39. The number of carbonyl (C=O) groups excluding carboxylic acids is 2. The number of carbonyl (C=O) groups is 2. The number of nitrogens with one attached hydrogen (secondary N) is 1. The number of aromatic nitrogens is 2. The molecule has 0 unspecified atom stereocenters. The zero-order chi connectivity index (χ0) is 26.6. The summed E-state index contributed by atoms with van der Waals surface area (Å²) < 4.78 is 52.7. The van der Waals surface area contributed by atoms with Gasteiger partial charge in [-0.1, -0.05) is 18.2 Å². The number of amides is 1. The van der Waals surface area contributed by atoms with Crippen LogP contribution in [-0.2, 0) is 9.53 Å². The lowest BCUT2D eigenvalue weighted by molar-refractivity contribution is -0.274. The largest absolute Gasteiger partial charge is 0.573 e. The first-order valence-corrected chi connectivity index (χ1v) is 11.6. The lowest BCUT2D eigenvalue weighted by Crippen LogP contribution is -2.26. The van der Waals surface area contributed by atoms with Crippen molar-refractivity contribution in [3.63, 3.8) is 0 Å². The first kappa shape index (κ1) is 25.7. The summed E-state index contributed by atoms with van der Waals surface area (Å²) in [6.45, 7) is 1.29. The monoisotopic (exact) mass is 533 g/mol. The van der Waals surface area contributed by atoms with Gasteiger partial charge in [-0.15, -0.1) is 24.5 Å². The van der Waals surface area contributed by atoms with Gasteiger partial charge in [-0.25, -0.2) is 4.79 Å². The number of para-hydroxylation sites is 1. The van der Waals surface area contributed by atoms with E-state index < -0.39 is 29.5 Å². The standard InChI is InChI=1S/C24H18F3N3O6S/c1-2-34-23(33)20-17-13-37-21(28-18(31)12-35-15-6-4-3-5-7-15)19(17)22(32)30(29-20)14-8-10-16(11-9-14)36-24(25,26)27/h3-11,13H,2,12H2,1H3,(H,28,31). The third kappa shape index (κ3) is 6.06. The van der Waals surface area contributed by atoms with Crippen LogP contribution in [0.1, 0.15) is 17.4 Å². The number of hydrogen-bond donors (Lipinski definition) is 1. The van der Waals surface area contributed by atoms with Crippen molar-refractivity contribution in [1.29, 1.82) is 0 Å². The molecule has 37 heavy (non-hydrogen) atoms. The van der Waals surface area contributed by atoms with Gasteiger partial charge in [0.05, 0.1) is 17.7 Å². The van der Waals surface area contributed by atoms with Gasteiger partial charge >= 0.3 is 12.3 Å². The van der Waals surface area contributed by atoms with Crippen molar-refractivity contribution in [2.45, 2.75) is 13.3 Å². The minimum absolute atomic E-state index is 0.0215. The molecule has 0 bridgehead atoms. The average Bonchev–Trinajstić information content (AvgIpc) is 3.27. The van der Waals surface area contributed by atoms with E-state index in [1.165, 1.54) is 17.5 Å². The molecule has 1 N–H and O–H groups in total. The smallest absolute Gasteiger partial charge is 0.484 e. The number of anilines is 1. The van der Waals surface area contributed by atoms with Crippen molar-refractivity contribution in [2.75, 3.05) is 18.5 Å². The summed E-state index contributed by atoms with van der Waals surface area (Å²) in [7, 11) is 0. The molecule has 4 rings (SSSR count). The molecule has 0 saturated carbocycles. The van der Waals surface area contributed by atoms with Gasteiger partial charge in [-0.3, -0.25) is 9.59 Å². The fourth-order valence-electron chi connectivity index (χ4n) is 3.28. The normalized spacial score (nSPS) is 11.2. The molecule has 0 aliphatic rings. The van der Waals surface area contributed by atoms with Crippen molar-refractivity contribution < 1.29 is 37.0 Å². The van der Waals surface area contributed by atoms with Gasteiger partial charge in [0.1, 0.15) is 16.5 Å². The highest BCUT2D eigenvalue weighted by molar-refractivity contribution is 7.16. The molecule has 0 atom stereocenters. The molecule has 0 saturated heterocycles. The van der Waals surface area contributed by atoms with Crippen LogP contribution in [0.4, 0.5) is 18.2 Å². The Morgan fingerprint density at radius 3 is 2.41 bits per heavy atom.